The lowest BCUT2D eigenvalue weighted by molar-refractivity contribution is -0.152. The van der Waals surface area contributed by atoms with Crippen molar-refractivity contribution >= 4 is 23.6 Å². The van der Waals surface area contributed by atoms with Crippen LogP contribution in [0.25, 0.3) is 0 Å². The van der Waals surface area contributed by atoms with E-state index in [4.69, 9.17) is 4.74 Å². The van der Waals surface area contributed by atoms with E-state index in [2.05, 4.69) is 5.32 Å². The summed E-state index contributed by atoms with van der Waals surface area (Å²) in [6, 6.07) is 7.50. The number of carbonyl (C=O) groups is 3. The molecule has 2 saturated heterocycles. The molecule has 3 amide bonds. The van der Waals surface area contributed by atoms with Crippen LogP contribution in [0.4, 0.5) is 10.5 Å². The molecule has 0 spiro atoms. The van der Waals surface area contributed by atoms with Gasteiger partial charge in [-0.3, -0.25) is 9.59 Å². The van der Waals surface area contributed by atoms with Gasteiger partial charge in [-0.15, -0.1) is 0 Å². The Balaban J connectivity index is 1.57. The topological polar surface area (TPSA) is 79.0 Å². The largest absolute Gasteiger partial charge is 0.466 e. The number of nitrogens with one attached hydrogen (secondary N) is 1. The Morgan fingerprint density at radius 2 is 1.76 bits per heavy atom. The summed E-state index contributed by atoms with van der Waals surface area (Å²) in [6.07, 6.45) is 3.14. The van der Waals surface area contributed by atoms with Crippen molar-refractivity contribution in [2.24, 2.45) is 11.8 Å². The zero-order chi connectivity index (χ0) is 20.8. The monoisotopic (exact) mass is 401 g/mol. The molecule has 0 aromatic heterocycles. The maximum absolute atomic E-state index is 13.1. The fraction of sp³-hybridized carbons (Fsp3) is 0.591. The van der Waals surface area contributed by atoms with Crippen LogP contribution in [-0.2, 0) is 14.3 Å². The molecule has 0 saturated carbocycles. The number of nitrogens with zero attached hydrogens (tertiary/aromatic N) is 2. The smallest absolute Gasteiger partial charge is 0.321 e. The number of aryl methyl sites for hydroxylation is 1. The number of rotatable bonds is 4. The van der Waals surface area contributed by atoms with Crippen LogP contribution >= 0.6 is 0 Å². The van der Waals surface area contributed by atoms with Crippen LogP contribution in [-0.4, -0.2) is 60.5 Å². The lowest BCUT2D eigenvalue weighted by Crippen LogP contribution is -2.50. The number of piperidine rings is 2. The number of anilines is 1. The molecule has 2 unspecified atom stereocenters. The number of hydrogen-bond donors (Lipinski definition) is 1. The van der Waals surface area contributed by atoms with E-state index in [-0.39, 0.29) is 29.7 Å². The Hall–Kier alpha value is -2.57. The van der Waals surface area contributed by atoms with Crippen LogP contribution in [0.15, 0.2) is 24.3 Å². The standard InChI is InChI=1S/C22H31N3O4/c1-3-29-21(27)18-9-6-11-24(15-18)20(26)17-8-5-12-25(14-17)22(28)23-19-10-4-7-16(2)13-19/h4,7,10,13,17-18H,3,5-6,8-9,11-12,14-15H2,1-2H3,(H,23,28). The summed E-state index contributed by atoms with van der Waals surface area (Å²) in [5.41, 5.74) is 1.84. The lowest BCUT2D eigenvalue weighted by Gasteiger charge is -2.37. The molecule has 2 heterocycles. The van der Waals surface area contributed by atoms with Crippen LogP contribution in [0.3, 0.4) is 0 Å². The average molecular weight is 402 g/mol. The third-order valence-electron chi connectivity index (χ3n) is 5.68. The minimum Gasteiger partial charge on any atom is -0.466 e. The van der Waals surface area contributed by atoms with Crippen molar-refractivity contribution in [3.05, 3.63) is 29.8 Å². The fourth-order valence-corrected chi connectivity index (χ4v) is 4.18. The molecule has 158 valence electrons. The highest BCUT2D eigenvalue weighted by Crippen LogP contribution is 2.24. The fourth-order valence-electron chi connectivity index (χ4n) is 4.18. The van der Waals surface area contributed by atoms with E-state index >= 15 is 0 Å². The van der Waals surface area contributed by atoms with Crippen molar-refractivity contribution in [1.29, 1.82) is 0 Å². The quantitative estimate of drug-likeness (QED) is 0.787. The molecule has 29 heavy (non-hydrogen) atoms. The molecule has 0 radical (unpaired) electrons. The third kappa shape index (κ3) is 5.49. The number of likely N-dealkylation sites (tertiary alicyclic amines) is 2. The minimum absolute atomic E-state index is 0.0482. The van der Waals surface area contributed by atoms with Crippen LogP contribution in [0, 0.1) is 18.8 Å². The number of benzene rings is 1. The van der Waals surface area contributed by atoms with Gasteiger partial charge in [0, 0.05) is 31.9 Å². The number of esters is 1. The third-order valence-corrected chi connectivity index (χ3v) is 5.68. The van der Waals surface area contributed by atoms with E-state index < -0.39 is 0 Å². The highest BCUT2D eigenvalue weighted by Gasteiger charge is 2.35. The Morgan fingerprint density at radius 1 is 1.07 bits per heavy atom. The summed E-state index contributed by atoms with van der Waals surface area (Å²) in [4.78, 5) is 41.3. The van der Waals surface area contributed by atoms with E-state index in [0.29, 0.717) is 32.8 Å². The Labute approximate surface area is 172 Å². The average Bonchev–Trinajstić information content (AvgIpc) is 2.73. The first kappa shape index (κ1) is 21.1. The molecule has 1 aromatic carbocycles. The molecule has 2 aliphatic rings. The molecule has 1 N–H and O–H groups in total. The number of amides is 3. The molecule has 2 aliphatic heterocycles. The number of carbonyl (C=O) groups excluding carboxylic acids is 3. The van der Waals surface area contributed by atoms with Crippen LogP contribution in [0.1, 0.15) is 38.2 Å². The molecule has 0 bridgehead atoms. The predicted molar refractivity (Wildman–Crippen MR) is 110 cm³/mol. The molecule has 7 heteroatoms. The Kier molecular flexibility index (Phi) is 7.12. The van der Waals surface area contributed by atoms with Crippen molar-refractivity contribution in [3.8, 4) is 0 Å². The van der Waals surface area contributed by atoms with Gasteiger partial charge in [0.15, 0.2) is 0 Å². The summed E-state index contributed by atoms with van der Waals surface area (Å²) in [5.74, 6) is -0.621. The molecule has 0 aliphatic carbocycles. The SMILES string of the molecule is CCOC(=O)C1CCCN(C(=O)C2CCCN(C(=O)Nc3cccc(C)c3)C2)C1. The van der Waals surface area contributed by atoms with Crippen LogP contribution in [0.5, 0.6) is 0 Å². The molecular weight excluding hydrogens is 370 g/mol. The summed E-state index contributed by atoms with van der Waals surface area (Å²) >= 11 is 0. The first-order valence-corrected chi connectivity index (χ1v) is 10.6. The van der Waals surface area contributed by atoms with Gasteiger partial charge in [-0.1, -0.05) is 12.1 Å². The first-order valence-electron chi connectivity index (χ1n) is 10.6. The second kappa shape index (κ2) is 9.76. The Morgan fingerprint density at radius 3 is 2.48 bits per heavy atom. The molecule has 7 nitrogen and oxygen atoms in total. The van der Waals surface area contributed by atoms with Gasteiger partial charge in [-0.2, -0.15) is 0 Å². The molecule has 2 atom stereocenters. The normalized spacial score (nSPS) is 22.1. The highest BCUT2D eigenvalue weighted by molar-refractivity contribution is 5.90. The summed E-state index contributed by atoms with van der Waals surface area (Å²) in [7, 11) is 0. The highest BCUT2D eigenvalue weighted by atomic mass is 16.5. The second-order valence-corrected chi connectivity index (χ2v) is 7.96. The maximum Gasteiger partial charge on any atom is 0.321 e. The van der Waals surface area contributed by atoms with E-state index in [1.54, 1.807) is 16.7 Å². The van der Waals surface area contributed by atoms with Gasteiger partial charge < -0.3 is 19.9 Å². The van der Waals surface area contributed by atoms with Gasteiger partial charge in [0.25, 0.3) is 0 Å². The van der Waals surface area contributed by atoms with Crippen molar-refractivity contribution in [3.63, 3.8) is 0 Å². The predicted octanol–water partition coefficient (Wildman–Crippen LogP) is 3.04. The van der Waals surface area contributed by atoms with Crippen molar-refractivity contribution in [2.75, 3.05) is 38.1 Å². The molecule has 2 fully saturated rings. The van der Waals surface area contributed by atoms with Gasteiger partial charge in [-0.25, -0.2) is 4.79 Å². The second-order valence-electron chi connectivity index (χ2n) is 7.96. The van der Waals surface area contributed by atoms with E-state index in [9.17, 15) is 14.4 Å². The van der Waals surface area contributed by atoms with E-state index in [0.717, 1.165) is 36.9 Å². The van der Waals surface area contributed by atoms with Gasteiger partial charge in [0.1, 0.15) is 0 Å². The number of ether oxygens (including phenoxy) is 1. The van der Waals surface area contributed by atoms with Crippen molar-refractivity contribution in [1.82, 2.24) is 9.80 Å². The van der Waals surface area contributed by atoms with Crippen LogP contribution in [0.2, 0.25) is 0 Å². The van der Waals surface area contributed by atoms with Crippen molar-refractivity contribution in [2.45, 2.75) is 39.5 Å². The minimum atomic E-state index is -0.239. The van der Waals surface area contributed by atoms with Crippen molar-refractivity contribution < 1.29 is 19.1 Å². The van der Waals surface area contributed by atoms with Gasteiger partial charge >= 0.3 is 12.0 Å². The lowest BCUT2D eigenvalue weighted by atomic mass is 9.93. The molecule has 3 rings (SSSR count). The van der Waals surface area contributed by atoms with E-state index in [1.807, 2.05) is 31.2 Å². The summed E-state index contributed by atoms with van der Waals surface area (Å²) < 4.78 is 5.13. The molecular formula is C22H31N3O4. The summed E-state index contributed by atoms with van der Waals surface area (Å²) in [6.45, 7) is 6.28. The maximum atomic E-state index is 13.1. The van der Waals surface area contributed by atoms with E-state index in [1.165, 1.54) is 0 Å². The molecule has 1 aromatic rings. The van der Waals surface area contributed by atoms with Gasteiger partial charge in [0.2, 0.25) is 5.91 Å². The zero-order valence-corrected chi connectivity index (χ0v) is 17.4. The Bertz CT molecular complexity index is 751. The number of urea groups is 1. The van der Waals surface area contributed by atoms with Gasteiger partial charge in [-0.05, 0) is 57.2 Å². The van der Waals surface area contributed by atoms with Gasteiger partial charge in [0.05, 0.1) is 18.4 Å². The first-order chi connectivity index (χ1) is 14.0. The number of hydrogen-bond acceptors (Lipinski definition) is 4. The zero-order valence-electron chi connectivity index (χ0n) is 17.4. The van der Waals surface area contributed by atoms with Crippen LogP contribution < -0.4 is 5.32 Å². The summed E-state index contributed by atoms with van der Waals surface area (Å²) in [5, 5.41) is 2.93.